The normalized spacial score (nSPS) is 26.7. The van der Waals surface area contributed by atoms with Gasteiger partial charge in [-0.3, -0.25) is 9.69 Å². The van der Waals surface area contributed by atoms with E-state index in [1.807, 2.05) is 0 Å². The topological polar surface area (TPSA) is 32.3 Å². The van der Waals surface area contributed by atoms with Gasteiger partial charge < -0.3 is 5.32 Å². The van der Waals surface area contributed by atoms with E-state index >= 15 is 0 Å². The lowest BCUT2D eigenvalue weighted by Crippen LogP contribution is -2.40. The second-order valence-corrected chi connectivity index (χ2v) is 7.22. The molecule has 2 rings (SSSR count). The molecule has 0 aromatic heterocycles. The summed E-state index contributed by atoms with van der Waals surface area (Å²) in [6.45, 7) is 8.59. The number of likely N-dealkylation sites (tertiary alicyclic amines) is 1. The van der Waals surface area contributed by atoms with Crippen molar-refractivity contribution in [1.82, 2.24) is 10.2 Å². The molecule has 1 atom stereocenters. The predicted octanol–water partition coefficient (Wildman–Crippen LogP) is 2.56. The van der Waals surface area contributed by atoms with Crippen LogP contribution in [0.5, 0.6) is 0 Å². The minimum Gasteiger partial charge on any atom is -0.352 e. The number of nitrogens with one attached hydrogen (secondary N) is 1. The van der Waals surface area contributed by atoms with Gasteiger partial charge in [-0.2, -0.15) is 0 Å². The second-order valence-electron chi connectivity index (χ2n) is 7.22. The summed E-state index contributed by atoms with van der Waals surface area (Å²) in [6.07, 6.45) is 7.27. The summed E-state index contributed by atoms with van der Waals surface area (Å²) in [7, 11) is 0. The van der Waals surface area contributed by atoms with Crippen LogP contribution < -0.4 is 5.32 Å². The monoisotopic (exact) mass is 252 g/mol. The Kier molecular flexibility index (Phi) is 4.31. The molecule has 104 valence electrons. The van der Waals surface area contributed by atoms with Crippen molar-refractivity contribution in [2.75, 3.05) is 13.1 Å². The van der Waals surface area contributed by atoms with Crippen LogP contribution in [-0.2, 0) is 4.79 Å². The van der Waals surface area contributed by atoms with Gasteiger partial charge in [-0.15, -0.1) is 0 Å². The Morgan fingerprint density at radius 3 is 2.50 bits per heavy atom. The van der Waals surface area contributed by atoms with Gasteiger partial charge in [0.25, 0.3) is 0 Å². The summed E-state index contributed by atoms with van der Waals surface area (Å²) >= 11 is 0. The third-order valence-corrected chi connectivity index (χ3v) is 4.12. The highest BCUT2D eigenvalue weighted by Gasteiger charge is 2.30. The van der Waals surface area contributed by atoms with Crippen LogP contribution in [0.25, 0.3) is 0 Å². The molecule has 3 heteroatoms. The number of rotatable bonds is 3. The number of amides is 1. The van der Waals surface area contributed by atoms with E-state index in [-0.39, 0.29) is 11.3 Å². The fourth-order valence-corrected chi connectivity index (χ4v) is 3.27. The standard InChI is InChI=1S/C15H28N2O/c1-15(2,3)10-14(18)16-12-8-9-17(11-12)13-6-4-5-7-13/h12-13H,4-11H2,1-3H3,(H,16,18)/t12-/m1/s1. The van der Waals surface area contributed by atoms with Crippen molar-refractivity contribution in [2.24, 2.45) is 5.41 Å². The van der Waals surface area contributed by atoms with Gasteiger partial charge >= 0.3 is 0 Å². The predicted molar refractivity (Wildman–Crippen MR) is 74.4 cm³/mol. The van der Waals surface area contributed by atoms with E-state index < -0.39 is 0 Å². The van der Waals surface area contributed by atoms with Crippen LogP contribution in [0.1, 0.15) is 59.3 Å². The third kappa shape index (κ3) is 3.98. The highest BCUT2D eigenvalue weighted by molar-refractivity contribution is 5.76. The van der Waals surface area contributed by atoms with Gasteiger partial charge in [0.05, 0.1) is 0 Å². The number of carbonyl (C=O) groups excluding carboxylic acids is 1. The SMILES string of the molecule is CC(C)(C)CC(=O)N[C@@H]1CCN(C2CCCC2)C1. The maximum atomic E-state index is 11.9. The highest BCUT2D eigenvalue weighted by Crippen LogP contribution is 2.26. The summed E-state index contributed by atoms with van der Waals surface area (Å²) in [5.41, 5.74) is 0.0911. The van der Waals surface area contributed by atoms with Crippen molar-refractivity contribution in [1.29, 1.82) is 0 Å². The lowest BCUT2D eigenvalue weighted by molar-refractivity contribution is -0.123. The molecule has 1 heterocycles. The van der Waals surface area contributed by atoms with Crippen LogP contribution in [0, 0.1) is 5.41 Å². The van der Waals surface area contributed by atoms with E-state index in [4.69, 9.17) is 0 Å². The molecule has 0 aromatic rings. The molecule has 1 aliphatic carbocycles. The Bertz CT molecular complexity index is 289. The first kappa shape index (κ1) is 13.9. The molecule has 18 heavy (non-hydrogen) atoms. The first-order valence-corrected chi connectivity index (χ1v) is 7.47. The van der Waals surface area contributed by atoms with Gasteiger partial charge in [0.1, 0.15) is 0 Å². The summed E-state index contributed by atoms with van der Waals surface area (Å²) in [4.78, 5) is 14.5. The van der Waals surface area contributed by atoms with Crippen molar-refractivity contribution in [3.63, 3.8) is 0 Å². The zero-order valence-corrected chi connectivity index (χ0v) is 12.2. The quantitative estimate of drug-likeness (QED) is 0.837. The maximum Gasteiger partial charge on any atom is 0.220 e. The van der Waals surface area contributed by atoms with Crippen molar-refractivity contribution >= 4 is 5.91 Å². The van der Waals surface area contributed by atoms with Gasteiger partial charge in [0.15, 0.2) is 0 Å². The Balaban J connectivity index is 1.73. The van der Waals surface area contributed by atoms with Gasteiger partial charge in [0, 0.05) is 31.6 Å². The van der Waals surface area contributed by atoms with Gasteiger partial charge in [-0.1, -0.05) is 33.6 Å². The van der Waals surface area contributed by atoms with E-state index in [2.05, 4.69) is 31.0 Å². The summed E-state index contributed by atoms with van der Waals surface area (Å²) in [5, 5.41) is 3.21. The molecule has 0 radical (unpaired) electrons. The van der Waals surface area contributed by atoms with E-state index in [9.17, 15) is 4.79 Å². The van der Waals surface area contributed by atoms with Gasteiger partial charge in [-0.05, 0) is 24.7 Å². The molecule has 3 nitrogen and oxygen atoms in total. The number of nitrogens with zero attached hydrogens (tertiary/aromatic N) is 1. The van der Waals surface area contributed by atoms with Crippen LogP contribution in [0.2, 0.25) is 0 Å². The molecule has 1 aliphatic heterocycles. The Hall–Kier alpha value is -0.570. The zero-order valence-electron chi connectivity index (χ0n) is 12.2. The van der Waals surface area contributed by atoms with Crippen LogP contribution in [-0.4, -0.2) is 36.0 Å². The van der Waals surface area contributed by atoms with Crippen LogP contribution in [0.4, 0.5) is 0 Å². The van der Waals surface area contributed by atoms with E-state index in [1.54, 1.807) is 0 Å². The molecular weight excluding hydrogens is 224 g/mol. The molecule has 1 saturated heterocycles. The van der Waals surface area contributed by atoms with Crippen LogP contribution in [0.15, 0.2) is 0 Å². The van der Waals surface area contributed by atoms with Gasteiger partial charge in [-0.25, -0.2) is 0 Å². The van der Waals surface area contributed by atoms with Crippen molar-refractivity contribution in [3.05, 3.63) is 0 Å². The summed E-state index contributed by atoms with van der Waals surface area (Å²) in [5.74, 6) is 0.223. The second kappa shape index (κ2) is 5.60. The number of hydrogen-bond acceptors (Lipinski definition) is 2. The van der Waals surface area contributed by atoms with E-state index in [0.717, 1.165) is 19.0 Å². The first-order chi connectivity index (χ1) is 8.44. The number of carbonyl (C=O) groups is 1. The minimum absolute atomic E-state index is 0.0911. The average molecular weight is 252 g/mol. The van der Waals surface area contributed by atoms with Crippen LogP contribution in [0.3, 0.4) is 0 Å². The highest BCUT2D eigenvalue weighted by atomic mass is 16.1. The zero-order chi connectivity index (χ0) is 13.2. The minimum atomic E-state index is 0.0911. The smallest absolute Gasteiger partial charge is 0.220 e. The van der Waals surface area contributed by atoms with Crippen molar-refractivity contribution < 1.29 is 4.79 Å². The average Bonchev–Trinajstić information content (AvgIpc) is 2.82. The van der Waals surface area contributed by atoms with E-state index in [1.165, 1.54) is 32.2 Å². The molecule has 1 saturated carbocycles. The molecule has 0 spiro atoms. The fraction of sp³-hybridized carbons (Fsp3) is 0.933. The molecule has 0 bridgehead atoms. The molecule has 0 aromatic carbocycles. The van der Waals surface area contributed by atoms with Gasteiger partial charge in [0.2, 0.25) is 5.91 Å². The Morgan fingerprint density at radius 2 is 1.89 bits per heavy atom. The fourth-order valence-electron chi connectivity index (χ4n) is 3.27. The van der Waals surface area contributed by atoms with Crippen molar-refractivity contribution in [2.45, 2.75) is 71.4 Å². The Morgan fingerprint density at radius 1 is 1.22 bits per heavy atom. The molecule has 1 N–H and O–H groups in total. The van der Waals surface area contributed by atoms with Crippen molar-refractivity contribution in [3.8, 4) is 0 Å². The lowest BCUT2D eigenvalue weighted by Gasteiger charge is -2.24. The Labute approximate surface area is 111 Å². The third-order valence-electron chi connectivity index (χ3n) is 4.12. The summed E-state index contributed by atoms with van der Waals surface area (Å²) in [6, 6.07) is 1.19. The lowest BCUT2D eigenvalue weighted by atomic mass is 9.92. The number of hydrogen-bond donors (Lipinski definition) is 1. The first-order valence-electron chi connectivity index (χ1n) is 7.47. The van der Waals surface area contributed by atoms with E-state index in [0.29, 0.717) is 12.5 Å². The molecule has 1 amide bonds. The molecule has 2 aliphatic rings. The molecular formula is C15H28N2O. The van der Waals surface area contributed by atoms with Crippen LogP contribution >= 0.6 is 0 Å². The molecule has 0 unspecified atom stereocenters. The molecule has 2 fully saturated rings. The maximum absolute atomic E-state index is 11.9. The largest absolute Gasteiger partial charge is 0.352 e. The summed E-state index contributed by atoms with van der Waals surface area (Å²) < 4.78 is 0.